The quantitative estimate of drug-likeness (QED) is 0.918. The van der Waals surface area contributed by atoms with Crippen LogP contribution >= 0.6 is 0 Å². The minimum Gasteiger partial charge on any atom is -0.383 e. The molecule has 0 spiro atoms. The normalized spacial score (nSPS) is 21.2. The molecule has 0 radical (unpaired) electrons. The second kappa shape index (κ2) is 5.90. The van der Waals surface area contributed by atoms with Crippen molar-refractivity contribution in [2.24, 2.45) is 5.92 Å². The van der Waals surface area contributed by atoms with Gasteiger partial charge >= 0.3 is 0 Å². The number of nitrogen functional groups attached to an aromatic ring is 1. The second-order valence-corrected chi connectivity index (χ2v) is 5.82. The van der Waals surface area contributed by atoms with Crippen LogP contribution in [0.5, 0.6) is 0 Å². The molecule has 112 valence electrons. The lowest BCUT2D eigenvalue weighted by molar-refractivity contribution is -0.0243. The van der Waals surface area contributed by atoms with Crippen molar-refractivity contribution in [2.45, 2.75) is 39.2 Å². The van der Waals surface area contributed by atoms with Crippen LogP contribution in [0, 0.1) is 12.8 Å². The molecular formula is C17H23N3O. The van der Waals surface area contributed by atoms with E-state index in [1.807, 2.05) is 35.0 Å². The van der Waals surface area contributed by atoms with Crippen LogP contribution in [-0.4, -0.2) is 22.5 Å². The van der Waals surface area contributed by atoms with Gasteiger partial charge in [0.1, 0.15) is 5.82 Å². The van der Waals surface area contributed by atoms with Crippen LogP contribution in [0.4, 0.5) is 5.82 Å². The van der Waals surface area contributed by atoms with Gasteiger partial charge in [-0.3, -0.25) is 0 Å². The van der Waals surface area contributed by atoms with Crippen LogP contribution in [0.3, 0.4) is 0 Å². The van der Waals surface area contributed by atoms with E-state index in [-0.39, 0.29) is 0 Å². The number of nitrogens with two attached hydrogens (primary N) is 1. The van der Waals surface area contributed by atoms with Crippen LogP contribution in [0.15, 0.2) is 30.3 Å². The molecule has 4 nitrogen and oxygen atoms in total. The summed E-state index contributed by atoms with van der Waals surface area (Å²) in [6, 6.07) is 10.1. The molecule has 1 aromatic heterocycles. The smallest absolute Gasteiger partial charge is 0.130 e. The van der Waals surface area contributed by atoms with Gasteiger partial charge in [-0.2, -0.15) is 5.10 Å². The first-order valence-corrected chi connectivity index (χ1v) is 7.70. The molecule has 21 heavy (non-hydrogen) atoms. The number of aromatic nitrogens is 2. The summed E-state index contributed by atoms with van der Waals surface area (Å²) in [5.41, 5.74) is 9.47. The van der Waals surface area contributed by atoms with Gasteiger partial charge in [0.15, 0.2) is 0 Å². The van der Waals surface area contributed by atoms with Gasteiger partial charge in [-0.05, 0) is 51.2 Å². The molecule has 1 heterocycles. The Morgan fingerprint density at radius 2 is 2.00 bits per heavy atom. The zero-order chi connectivity index (χ0) is 14.8. The number of hydrogen-bond acceptors (Lipinski definition) is 3. The van der Waals surface area contributed by atoms with Gasteiger partial charge in [0.25, 0.3) is 0 Å². The van der Waals surface area contributed by atoms with E-state index >= 15 is 0 Å². The first-order chi connectivity index (χ1) is 10.2. The van der Waals surface area contributed by atoms with Crippen LogP contribution < -0.4 is 5.73 Å². The maximum atomic E-state index is 6.22. The first kappa shape index (κ1) is 14.1. The molecule has 2 N–H and O–H groups in total. The molecule has 2 aromatic rings. The maximum absolute atomic E-state index is 6.22. The van der Waals surface area contributed by atoms with Gasteiger partial charge in [0.2, 0.25) is 0 Å². The number of hydrogen-bond donors (Lipinski definition) is 1. The Bertz CT molecular complexity index is 600. The zero-order valence-electron chi connectivity index (χ0n) is 12.7. The van der Waals surface area contributed by atoms with E-state index in [9.17, 15) is 0 Å². The van der Waals surface area contributed by atoms with Gasteiger partial charge in [-0.15, -0.1) is 0 Å². The third kappa shape index (κ3) is 2.81. The maximum Gasteiger partial charge on any atom is 0.130 e. The number of ether oxygens (including phenoxy) is 1. The summed E-state index contributed by atoms with van der Waals surface area (Å²) >= 11 is 0. The fraction of sp³-hybridized carbons (Fsp3) is 0.471. The molecular weight excluding hydrogens is 262 g/mol. The molecule has 0 atom stereocenters. The zero-order valence-corrected chi connectivity index (χ0v) is 12.7. The van der Waals surface area contributed by atoms with E-state index in [0.717, 1.165) is 48.6 Å². The van der Waals surface area contributed by atoms with Crippen molar-refractivity contribution in [3.05, 3.63) is 41.6 Å². The van der Waals surface area contributed by atoms with Gasteiger partial charge in [0.05, 0.1) is 17.5 Å². The van der Waals surface area contributed by atoms with E-state index in [1.54, 1.807) is 0 Å². The average Bonchev–Trinajstić information content (AvgIpc) is 2.74. The van der Waals surface area contributed by atoms with Gasteiger partial charge in [-0.1, -0.05) is 18.2 Å². The summed E-state index contributed by atoms with van der Waals surface area (Å²) < 4.78 is 7.47. The molecule has 4 heteroatoms. The lowest BCUT2D eigenvalue weighted by Crippen LogP contribution is -2.32. The highest BCUT2D eigenvalue weighted by Crippen LogP contribution is 2.34. The summed E-state index contributed by atoms with van der Waals surface area (Å²) in [5, 5.41) is 4.72. The number of rotatable bonds is 5. The van der Waals surface area contributed by atoms with Crippen molar-refractivity contribution in [3.8, 4) is 5.69 Å². The lowest BCUT2D eigenvalue weighted by Gasteiger charge is -2.34. The predicted octanol–water partition coefficient (Wildman–Crippen LogP) is 3.12. The molecule has 3 rings (SSSR count). The van der Waals surface area contributed by atoms with Crippen LogP contribution in [0.1, 0.15) is 31.0 Å². The van der Waals surface area contributed by atoms with Gasteiger partial charge in [-0.25, -0.2) is 4.68 Å². The SMILES string of the molecule is CCOC1CC(Cc2nn(-c3ccccc3)c(N)c2C)C1. The number of benzene rings is 1. The van der Waals surface area contributed by atoms with Crippen molar-refractivity contribution in [3.63, 3.8) is 0 Å². The topological polar surface area (TPSA) is 53.1 Å². The Morgan fingerprint density at radius 1 is 1.29 bits per heavy atom. The van der Waals surface area contributed by atoms with E-state index in [1.165, 1.54) is 0 Å². The van der Waals surface area contributed by atoms with E-state index < -0.39 is 0 Å². The highest BCUT2D eigenvalue weighted by molar-refractivity contribution is 5.49. The van der Waals surface area contributed by atoms with Crippen molar-refractivity contribution < 1.29 is 4.74 Å². The monoisotopic (exact) mass is 285 g/mol. The number of nitrogens with zero attached hydrogens (tertiary/aromatic N) is 2. The van der Waals surface area contributed by atoms with Crippen LogP contribution in [-0.2, 0) is 11.2 Å². The molecule has 0 bridgehead atoms. The largest absolute Gasteiger partial charge is 0.383 e. The Kier molecular flexibility index (Phi) is 3.97. The van der Waals surface area contributed by atoms with E-state index in [4.69, 9.17) is 15.6 Å². The fourth-order valence-corrected chi connectivity index (χ4v) is 3.00. The van der Waals surface area contributed by atoms with Gasteiger partial charge < -0.3 is 10.5 Å². The minimum absolute atomic E-state index is 0.453. The Labute approximate surface area is 125 Å². The average molecular weight is 285 g/mol. The van der Waals surface area contributed by atoms with Crippen LogP contribution in [0.25, 0.3) is 5.69 Å². The van der Waals surface area contributed by atoms with E-state index in [2.05, 4.69) is 13.8 Å². The summed E-state index contributed by atoms with van der Waals surface area (Å²) in [6.07, 6.45) is 3.74. The fourth-order valence-electron chi connectivity index (χ4n) is 3.00. The summed E-state index contributed by atoms with van der Waals surface area (Å²) in [6.45, 7) is 4.93. The van der Waals surface area contributed by atoms with Crippen molar-refractivity contribution >= 4 is 5.82 Å². The highest BCUT2D eigenvalue weighted by atomic mass is 16.5. The van der Waals surface area contributed by atoms with Crippen molar-refractivity contribution in [2.75, 3.05) is 12.3 Å². The Balaban J connectivity index is 1.73. The number of anilines is 1. The summed E-state index contributed by atoms with van der Waals surface area (Å²) in [4.78, 5) is 0. The highest BCUT2D eigenvalue weighted by Gasteiger charge is 2.31. The molecule has 0 saturated heterocycles. The van der Waals surface area contributed by atoms with Crippen LogP contribution in [0.2, 0.25) is 0 Å². The molecule has 1 aromatic carbocycles. The molecule has 1 aliphatic carbocycles. The van der Waals surface area contributed by atoms with E-state index in [0.29, 0.717) is 12.0 Å². The number of para-hydroxylation sites is 1. The Hall–Kier alpha value is -1.81. The first-order valence-electron chi connectivity index (χ1n) is 7.70. The molecule has 1 saturated carbocycles. The molecule has 0 unspecified atom stereocenters. The third-order valence-corrected chi connectivity index (χ3v) is 4.34. The van der Waals surface area contributed by atoms with Crippen molar-refractivity contribution in [1.29, 1.82) is 0 Å². The molecule has 1 aliphatic rings. The molecule has 0 aliphatic heterocycles. The predicted molar refractivity (Wildman–Crippen MR) is 84.6 cm³/mol. The standard InChI is InChI=1S/C17H23N3O/c1-3-21-15-9-13(10-15)11-16-12(2)17(18)20(19-16)14-7-5-4-6-8-14/h4-8,13,15H,3,9-11,18H2,1-2H3. The lowest BCUT2D eigenvalue weighted by atomic mass is 9.79. The molecule has 1 fully saturated rings. The summed E-state index contributed by atoms with van der Waals surface area (Å²) in [5.74, 6) is 1.43. The van der Waals surface area contributed by atoms with Crippen molar-refractivity contribution in [1.82, 2.24) is 9.78 Å². The second-order valence-electron chi connectivity index (χ2n) is 5.82. The molecule has 0 amide bonds. The Morgan fingerprint density at radius 3 is 2.67 bits per heavy atom. The summed E-state index contributed by atoms with van der Waals surface area (Å²) in [7, 11) is 0. The third-order valence-electron chi connectivity index (χ3n) is 4.34. The van der Waals surface area contributed by atoms with Gasteiger partial charge in [0, 0.05) is 12.2 Å². The minimum atomic E-state index is 0.453.